The van der Waals surface area contributed by atoms with Crippen LogP contribution >= 0.6 is 0 Å². The third kappa shape index (κ3) is 3.10. The summed E-state index contributed by atoms with van der Waals surface area (Å²) in [5, 5.41) is 11.2. The summed E-state index contributed by atoms with van der Waals surface area (Å²) in [7, 11) is 2.01. The highest BCUT2D eigenvalue weighted by Gasteiger charge is 2.27. The lowest BCUT2D eigenvalue weighted by atomic mass is 10.2. The summed E-state index contributed by atoms with van der Waals surface area (Å²) < 4.78 is 0. The number of aliphatic carboxylic acids is 1. The molecule has 0 aliphatic carbocycles. The minimum Gasteiger partial charge on any atom is -0.480 e. The van der Waals surface area contributed by atoms with Crippen molar-refractivity contribution in [2.75, 3.05) is 26.7 Å². The monoisotopic (exact) mass is 229 g/mol. The second-order valence-corrected chi connectivity index (χ2v) is 4.31. The quantitative estimate of drug-likeness (QED) is 0.688. The van der Waals surface area contributed by atoms with Gasteiger partial charge in [-0.05, 0) is 20.9 Å². The molecule has 0 aromatic rings. The molecule has 0 aromatic heterocycles. The zero-order valence-corrected chi connectivity index (χ0v) is 9.93. The van der Waals surface area contributed by atoms with Crippen molar-refractivity contribution in [1.29, 1.82) is 0 Å². The number of carboxylic acids is 1. The van der Waals surface area contributed by atoms with Gasteiger partial charge in [0.05, 0.1) is 0 Å². The molecule has 2 amide bonds. The summed E-state index contributed by atoms with van der Waals surface area (Å²) in [6.07, 6.45) is 0. The van der Waals surface area contributed by atoms with E-state index in [0.29, 0.717) is 6.54 Å². The van der Waals surface area contributed by atoms with Crippen molar-refractivity contribution in [3.05, 3.63) is 0 Å². The number of piperazine rings is 1. The Kier molecular flexibility index (Phi) is 4.12. The predicted molar refractivity (Wildman–Crippen MR) is 59.3 cm³/mol. The van der Waals surface area contributed by atoms with E-state index in [0.717, 1.165) is 13.1 Å². The number of nitrogens with one attached hydrogen (secondary N) is 1. The van der Waals surface area contributed by atoms with Crippen LogP contribution in [-0.4, -0.2) is 65.7 Å². The molecule has 0 spiro atoms. The van der Waals surface area contributed by atoms with Gasteiger partial charge in [0.1, 0.15) is 6.04 Å². The first-order valence-corrected chi connectivity index (χ1v) is 5.40. The normalized spacial score (nSPS) is 23.9. The Morgan fingerprint density at radius 2 is 2.06 bits per heavy atom. The van der Waals surface area contributed by atoms with E-state index in [1.807, 2.05) is 14.0 Å². The molecular formula is C10H19N3O3. The summed E-state index contributed by atoms with van der Waals surface area (Å²) in [6, 6.07) is -1.03. The van der Waals surface area contributed by atoms with E-state index in [-0.39, 0.29) is 12.1 Å². The molecule has 1 rings (SSSR count). The molecule has 1 saturated heterocycles. The van der Waals surface area contributed by atoms with Gasteiger partial charge in [-0.2, -0.15) is 0 Å². The van der Waals surface area contributed by atoms with Gasteiger partial charge in [0.2, 0.25) is 0 Å². The lowest BCUT2D eigenvalue weighted by molar-refractivity contribution is -0.138. The van der Waals surface area contributed by atoms with E-state index < -0.39 is 12.0 Å². The fourth-order valence-corrected chi connectivity index (χ4v) is 1.77. The number of rotatable bonds is 2. The predicted octanol–water partition coefficient (Wildman–Crippen LogP) is -0.195. The topological polar surface area (TPSA) is 72.9 Å². The smallest absolute Gasteiger partial charge is 0.325 e. The van der Waals surface area contributed by atoms with Gasteiger partial charge in [-0.15, -0.1) is 0 Å². The summed E-state index contributed by atoms with van der Waals surface area (Å²) in [4.78, 5) is 26.2. The molecule has 0 aromatic carbocycles. The van der Waals surface area contributed by atoms with Crippen LogP contribution in [0.15, 0.2) is 0 Å². The van der Waals surface area contributed by atoms with Crippen molar-refractivity contribution < 1.29 is 14.7 Å². The van der Waals surface area contributed by atoms with Crippen LogP contribution in [0.4, 0.5) is 4.79 Å². The first kappa shape index (κ1) is 12.8. The average Bonchev–Trinajstić information content (AvgIpc) is 2.16. The molecule has 1 aliphatic heterocycles. The SMILES string of the molecule is CC1CN(C)CCN1C(=O)N[C@@H](C)C(=O)O. The number of carbonyl (C=O) groups excluding carboxylic acids is 1. The summed E-state index contributed by atoms with van der Waals surface area (Å²) in [5.41, 5.74) is 0. The van der Waals surface area contributed by atoms with Gasteiger partial charge in [-0.25, -0.2) is 4.79 Å². The number of hydrogen-bond acceptors (Lipinski definition) is 3. The van der Waals surface area contributed by atoms with Crippen LogP contribution in [0.1, 0.15) is 13.8 Å². The molecule has 6 heteroatoms. The van der Waals surface area contributed by atoms with Crippen LogP contribution < -0.4 is 5.32 Å². The molecule has 1 unspecified atom stereocenters. The third-order valence-corrected chi connectivity index (χ3v) is 2.80. The van der Waals surface area contributed by atoms with E-state index >= 15 is 0 Å². The van der Waals surface area contributed by atoms with Crippen molar-refractivity contribution in [1.82, 2.24) is 15.1 Å². The molecule has 0 bridgehead atoms. The van der Waals surface area contributed by atoms with E-state index in [4.69, 9.17) is 5.11 Å². The Morgan fingerprint density at radius 1 is 1.44 bits per heavy atom. The minimum absolute atomic E-state index is 0.111. The largest absolute Gasteiger partial charge is 0.480 e. The number of urea groups is 1. The lowest BCUT2D eigenvalue weighted by Crippen LogP contribution is -2.57. The summed E-state index contributed by atoms with van der Waals surface area (Å²) in [5.74, 6) is -1.02. The Balaban J connectivity index is 2.51. The van der Waals surface area contributed by atoms with E-state index in [1.165, 1.54) is 6.92 Å². The summed E-state index contributed by atoms with van der Waals surface area (Å²) >= 11 is 0. The van der Waals surface area contributed by atoms with Gasteiger partial charge < -0.3 is 20.2 Å². The maximum absolute atomic E-state index is 11.8. The zero-order chi connectivity index (χ0) is 12.3. The van der Waals surface area contributed by atoms with Crippen LogP contribution in [-0.2, 0) is 4.79 Å². The first-order valence-electron chi connectivity index (χ1n) is 5.40. The van der Waals surface area contributed by atoms with Crippen molar-refractivity contribution in [3.63, 3.8) is 0 Å². The molecule has 0 saturated carbocycles. The fourth-order valence-electron chi connectivity index (χ4n) is 1.77. The third-order valence-electron chi connectivity index (χ3n) is 2.80. The molecular weight excluding hydrogens is 210 g/mol. The highest BCUT2D eigenvalue weighted by Crippen LogP contribution is 2.07. The molecule has 2 N–H and O–H groups in total. The first-order chi connectivity index (χ1) is 7.41. The standard InChI is InChI=1S/C10H19N3O3/c1-7-6-12(3)4-5-13(7)10(16)11-8(2)9(14)15/h7-8H,4-6H2,1-3H3,(H,11,16)(H,14,15)/t7?,8-/m0/s1. The molecule has 1 aliphatic rings. The fraction of sp³-hybridized carbons (Fsp3) is 0.800. The second kappa shape index (κ2) is 5.16. The van der Waals surface area contributed by atoms with Crippen LogP contribution in [0.25, 0.3) is 0 Å². The van der Waals surface area contributed by atoms with E-state index in [9.17, 15) is 9.59 Å². The van der Waals surface area contributed by atoms with Crippen molar-refractivity contribution >= 4 is 12.0 Å². The second-order valence-electron chi connectivity index (χ2n) is 4.31. The Morgan fingerprint density at radius 3 is 2.56 bits per heavy atom. The number of likely N-dealkylation sites (N-methyl/N-ethyl adjacent to an activating group) is 1. The Bertz CT molecular complexity index is 282. The van der Waals surface area contributed by atoms with Gasteiger partial charge in [0.15, 0.2) is 0 Å². The maximum atomic E-state index is 11.8. The van der Waals surface area contributed by atoms with Crippen LogP contribution in [0.5, 0.6) is 0 Å². The van der Waals surface area contributed by atoms with Gasteiger partial charge in [-0.1, -0.05) is 0 Å². The molecule has 0 radical (unpaired) electrons. The number of carboxylic acid groups (broad SMARTS) is 1. The molecule has 92 valence electrons. The number of amides is 2. The highest BCUT2D eigenvalue weighted by molar-refractivity contribution is 5.82. The molecule has 1 fully saturated rings. The highest BCUT2D eigenvalue weighted by atomic mass is 16.4. The van der Waals surface area contributed by atoms with Crippen LogP contribution in [0, 0.1) is 0 Å². The van der Waals surface area contributed by atoms with Gasteiger partial charge >= 0.3 is 12.0 Å². The Labute approximate surface area is 95.2 Å². The minimum atomic E-state index is -1.02. The van der Waals surface area contributed by atoms with Gasteiger partial charge in [-0.3, -0.25) is 4.79 Å². The maximum Gasteiger partial charge on any atom is 0.325 e. The van der Waals surface area contributed by atoms with Crippen LogP contribution in [0.2, 0.25) is 0 Å². The molecule has 16 heavy (non-hydrogen) atoms. The lowest BCUT2D eigenvalue weighted by Gasteiger charge is -2.38. The van der Waals surface area contributed by atoms with Gasteiger partial charge in [0.25, 0.3) is 0 Å². The average molecular weight is 229 g/mol. The molecule has 6 nitrogen and oxygen atoms in total. The number of carbonyl (C=O) groups is 2. The summed E-state index contributed by atoms with van der Waals surface area (Å²) in [6.45, 7) is 5.69. The zero-order valence-electron chi connectivity index (χ0n) is 9.93. The van der Waals surface area contributed by atoms with E-state index in [1.54, 1.807) is 4.90 Å². The van der Waals surface area contributed by atoms with Gasteiger partial charge in [0, 0.05) is 25.7 Å². The van der Waals surface area contributed by atoms with Crippen LogP contribution in [0.3, 0.4) is 0 Å². The van der Waals surface area contributed by atoms with Crippen molar-refractivity contribution in [2.24, 2.45) is 0 Å². The van der Waals surface area contributed by atoms with Crippen molar-refractivity contribution in [3.8, 4) is 0 Å². The molecule has 1 heterocycles. The number of nitrogens with zero attached hydrogens (tertiary/aromatic N) is 2. The van der Waals surface area contributed by atoms with E-state index in [2.05, 4.69) is 10.2 Å². The molecule has 2 atom stereocenters. The van der Waals surface area contributed by atoms with Crippen molar-refractivity contribution in [2.45, 2.75) is 25.9 Å². The Hall–Kier alpha value is -1.30. The number of hydrogen-bond donors (Lipinski definition) is 2.